The molecule has 0 N–H and O–H groups in total. The highest BCUT2D eigenvalue weighted by Crippen LogP contribution is 2.31. The maximum Gasteiger partial charge on any atom is 0.0768 e. The molecule has 0 fully saturated rings. The highest BCUT2D eigenvalue weighted by Gasteiger charge is 2.19. The summed E-state index contributed by atoms with van der Waals surface area (Å²) in [5, 5.41) is 0. The molecule has 0 aliphatic heterocycles. The van der Waals surface area contributed by atoms with Crippen molar-refractivity contribution in [3.63, 3.8) is 0 Å². The van der Waals surface area contributed by atoms with Crippen LogP contribution >= 0.6 is 0 Å². The average Bonchev–Trinajstić information content (AvgIpc) is 1.86. The van der Waals surface area contributed by atoms with Gasteiger partial charge in [-0.3, -0.25) is 0 Å². The van der Waals surface area contributed by atoms with Crippen molar-refractivity contribution < 1.29 is 0 Å². The Bertz CT molecular complexity index is 230. The first-order valence-electron chi connectivity index (χ1n) is 3.21. The first-order chi connectivity index (χ1) is 4.38. The minimum atomic E-state index is 0.321. The van der Waals surface area contributed by atoms with Gasteiger partial charge in [-0.05, 0) is 17.8 Å². The van der Waals surface area contributed by atoms with Gasteiger partial charge in [0.25, 0.3) is 0 Å². The molecular weight excluding hydrogens is 107 g/mol. The Hall–Kier alpha value is -0.715. The Labute approximate surface area is 56.3 Å². The van der Waals surface area contributed by atoms with Crippen LogP contribution in [0.25, 0.3) is 0 Å². The minimum Gasteiger partial charge on any atom is -0.0620 e. The summed E-state index contributed by atoms with van der Waals surface area (Å²) in [5.41, 5.74) is 2.75. The van der Waals surface area contributed by atoms with Gasteiger partial charge in [0.15, 0.2) is 0 Å². The summed E-state index contributed by atoms with van der Waals surface area (Å²) in [6, 6.07) is 8.34. The fourth-order valence-corrected chi connectivity index (χ4v) is 1.30. The van der Waals surface area contributed by atoms with E-state index in [0.717, 1.165) is 6.42 Å². The monoisotopic (exact) mass is 114 g/mol. The lowest BCUT2D eigenvalue weighted by Gasteiger charge is -2.26. The predicted molar refractivity (Wildman–Crippen MR) is 38.6 cm³/mol. The SMILES string of the molecule is [B]C1Cc2ccccc21. The first-order valence-corrected chi connectivity index (χ1v) is 3.21. The zero-order chi connectivity index (χ0) is 6.27. The van der Waals surface area contributed by atoms with Crippen molar-refractivity contribution in [2.45, 2.75) is 12.2 Å². The normalized spacial score (nSPS) is 22.4. The summed E-state index contributed by atoms with van der Waals surface area (Å²) in [7, 11) is 5.69. The van der Waals surface area contributed by atoms with Gasteiger partial charge in [-0.15, -0.1) is 0 Å². The zero-order valence-electron chi connectivity index (χ0n) is 5.17. The van der Waals surface area contributed by atoms with Crippen LogP contribution in [0, 0.1) is 0 Å². The number of benzene rings is 1. The van der Waals surface area contributed by atoms with Crippen molar-refractivity contribution in [2.75, 3.05) is 0 Å². The van der Waals surface area contributed by atoms with E-state index in [9.17, 15) is 0 Å². The molecule has 1 aromatic rings. The predicted octanol–water partition coefficient (Wildman–Crippen LogP) is 1.45. The van der Waals surface area contributed by atoms with Crippen molar-refractivity contribution in [2.24, 2.45) is 0 Å². The second-order valence-corrected chi connectivity index (χ2v) is 2.51. The quantitative estimate of drug-likeness (QED) is 0.447. The molecule has 1 aliphatic carbocycles. The molecular formula is C8H7B. The largest absolute Gasteiger partial charge is 0.0768 e. The molecule has 2 rings (SSSR count). The molecule has 1 aliphatic rings. The molecule has 0 spiro atoms. The van der Waals surface area contributed by atoms with Gasteiger partial charge in [0.05, 0.1) is 7.85 Å². The van der Waals surface area contributed by atoms with Gasteiger partial charge in [0.2, 0.25) is 0 Å². The molecule has 1 heteroatoms. The van der Waals surface area contributed by atoms with Gasteiger partial charge in [-0.1, -0.05) is 29.8 Å². The van der Waals surface area contributed by atoms with E-state index in [0.29, 0.717) is 5.82 Å². The maximum absolute atomic E-state index is 5.69. The highest BCUT2D eigenvalue weighted by molar-refractivity contribution is 6.13. The summed E-state index contributed by atoms with van der Waals surface area (Å²) < 4.78 is 0. The molecule has 0 nitrogen and oxygen atoms in total. The summed E-state index contributed by atoms with van der Waals surface area (Å²) in [5.74, 6) is 0.321. The van der Waals surface area contributed by atoms with Crippen LogP contribution in [0.15, 0.2) is 24.3 Å². The molecule has 0 heterocycles. The Morgan fingerprint density at radius 2 is 2.11 bits per heavy atom. The molecule has 1 aromatic carbocycles. The van der Waals surface area contributed by atoms with E-state index in [-0.39, 0.29) is 0 Å². The molecule has 0 saturated carbocycles. The number of hydrogen-bond donors (Lipinski definition) is 0. The Balaban J connectivity index is 2.51. The van der Waals surface area contributed by atoms with E-state index in [2.05, 4.69) is 18.2 Å². The second-order valence-electron chi connectivity index (χ2n) is 2.51. The van der Waals surface area contributed by atoms with Crippen molar-refractivity contribution in [1.82, 2.24) is 0 Å². The summed E-state index contributed by atoms with van der Waals surface area (Å²) >= 11 is 0. The van der Waals surface area contributed by atoms with Gasteiger partial charge >= 0.3 is 0 Å². The fourth-order valence-electron chi connectivity index (χ4n) is 1.30. The van der Waals surface area contributed by atoms with Crippen LogP contribution in [0.5, 0.6) is 0 Å². The molecule has 9 heavy (non-hydrogen) atoms. The van der Waals surface area contributed by atoms with E-state index >= 15 is 0 Å². The third kappa shape index (κ3) is 0.609. The lowest BCUT2D eigenvalue weighted by Crippen LogP contribution is -2.15. The topological polar surface area (TPSA) is 0 Å². The third-order valence-electron chi connectivity index (χ3n) is 1.89. The Morgan fingerprint density at radius 3 is 2.67 bits per heavy atom. The highest BCUT2D eigenvalue weighted by atomic mass is 14.2. The Kier molecular flexibility index (Phi) is 0.924. The van der Waals surface area contributed by atoms with Gasteiger partial charge in [0, 0.05) is 0 Å². The van der Waals surface area contributed by atoms with E-state index in [1.54, 1.807) is 0 Å². The fraction of sp³-hybridized carbons (Fsp3) is 0.250. The van der Waals surface area contributed by atoms with Crippen LogP contribution in [0.4, 0.5) is 0 Å². The van der Waals surface area contributed by atoms with Gasteiger partial charge in [-0.25, -0.2) is 0 Å². The second kappa shape index (κ2) is 1.63. The molecule has 1 atom stereocenters. The molecule has 42 valence electrons. The smallest absolute Gasteiger partial charge is 0.0620 e. The number of rotatable bonds is 0. The van der Waals surface area contributed by atoms with Crippen LogP contribution in [-0.2, 0) is 6.42 Å². The van der Waals surface area contributed by atoms with Crippen molar-refractivity contribution in [1.29, 1.82) is 0 Å². The van der Waals surface area contributed by atoms with Gasteiger partial charge in [0.1, 0.15) is 0 Å². The van der Waals surface area contributed by atoms with Crippen LogP contribution < -0.4 is 0 Å². The summed E-state index contributed by atoms with van der Waals surface area (Å²) in [6.07, 6.45) is 1.07. The van der Waals surface area contributed by atoms with Crippen LogP contribution in [0.2, 0.25) is 0 Å². The maximum atomic E-state index is 5.69. The molecule has 2 radical (unpaired) electrons. The van der Waals surface area contributed by atoms with E-state index in [1.807, 2.05) is 6.07 Å². The lowest BCUT2D eigenvalue weighted by molar-refractivity contribution is 0.802. The lowest BCUT2D eigenvalue weighted by atomic mass is 9.66. The Morgan fingerprint density at radius 1 is 1.33 bits per heavy atom. The molecule has 0 amide bonds. The van der Waals surface area contributed by atoms with Crippen molar-refractivity contribution >= 4 is 7.85 Å². The van der Waals surface area contributed by atoms with E-state index in [4.69, 9.17) is 7.85 Å². The molecule has 0 saturated heterocycles. The molecule has 1 unspecified atom stereocenters. The third-order valence-corrected chi connectivity index (χ3v) is 1.89. The number of fused-ring (bicyclic) bond motifs is 1. The van der Waals surface area contributed by atoms with Crippen LogP contribution in [0.1, 0.15) is 16.9 Å². The van der Waals surface area contributed by atoms with E-state index in [1.165, 1.54) is 11.1 Å². The minimum absolute atomic E-state index is 0.321. The molecule has 0 bridgehead atoms. The standard InChI is InChI=1S/C8H7B/c9-8-5-6-3-1-2-4-7(6)8/h1-4,8H,5H2. The summed E-state index contributed by atoms with van der Waals surface area (Å²) in [6.45, 7) is 0. The van der Waals surface area contributed by atoms with Gasteiger partial charge < -0.3 is 0 Å². The van der Waals surface area contributed by atoms with Gasteiger partial charge in [-0.2, -0.15) is 0 Å². The molecule has 0 aromatic heterocycles. The van der Waals surface area contributed by atoms with Crippen LogP contribution in [0.3, 0.4) is 0 Å². The van der Waals surface area contributed by atoms with Crippen molar-refractivity contribution in [3.05, 3.63) is 35.4 Å². The van der Waals surface area contributed by atoms with Crippen LogP contribution in [-0.4, -0.2) is 7.85 Å². The van der Waals surface area contributed by atoms with E-state index < -0.39 is 0 Å². The summed E-state index contributed by atoms with van der Waals surface area (Å²) in [4.78, 5) is 0. The first kappa shape index (κ1) is 5.10. The average molecular weight is 114 g/mol. The number of hydrogen-bond acceptors (Lipinski definition) is 0. The van der Waals surface area contributed by atoms with Crippen molar-refractivity contribution in [3.8, 4) is 0 Å². The zero-order valence-corrected chi connectivity index (χ0v) is 5.17.